The normalized spacial score (nSPS) is 15.2. The number of hydrogen-bond donors (Lipinski definition) is 3. The minimum absolute atomic E-state index is 0.220. The van der Waals surface area contributed by atoms with E-state index in [1.807, 2.05) is 12.3 Å². The number of benzene rings is 1. The first-order valence-electron chi connectivity index (χ1n) is 12.8. The zero-order valence-electron chi connectivity index (χ0n) is 21.4. The molecule has 2 aromatic heterocycles. The predicted octanol–water partition coefficient (Wildman–Crippen LogP) is 4.03. The Balaban J connectivity index is 1.41. The highest BCUT2D eigenvalue weighted by molar-refractivity contribution is 6.33. The third-order valence-electron chi connectivity index (χ3n) is 6.62. The summed E-state index contributed by atoms with van der Waals surface area (Å²) >= 11 is 6.09. The molecule has 0 aliphatic heterocycles. The molecule has 0 spiro atoms. The number of carbonyl (C=O) groups excluding carboxylic acids is 1. The van der Waals surface area contributed by atoms with E-state index >= 15 is 0 Å². The molecule has 1 aliphatic rings. The number of amidine groups is 1. The van der Waals surface area contributed by atoms with Crippen molar-refractivity contribution in [2.45, 2.75) is 38.4 Å². The lowest BCUT2D eigenvalue weighted by Crippen LogP contribution is -2.39. The molecule has 9 heteroatoms. The second-order valence-corrected chi connectivity index (χ2v) is 9.67. The van der Waals surface area contributed by atoms with E-state index in [1.165, 1.54) is 29.2 Å². The summed E-state index contributed by atoms with van der Waals surface area (Å²) in [6.07, 6.45) is 9.67. The molecular weight excluding hydrogens is 498 g/mol. The van der Waals surface area contributed by atoms with Crippen LogP contribution in [-0.4, -0.2) is 46.2 Å². The van der Waals surface area contributed by atoms with Gasteiger partial charge in [-0.3, -0.25) is 19.7 Å². The van der Waals surface area contributed by atoms with E-state index in [0.29, 0.717) is 29.5 Å². The maximum atomic E-state index is 12.5. The molecule has 38 heavy (non-hydrogen) atoms. The van der Waals surface area contributed by atoms with Crippen molar-refractivity contribution < 1.29 is 4.79 Å². The molecule has 1 unspecified atom stereocenters. The molecule has 8 nitrogen and oxygen atoms in total. The first-order chi connectivity index (χ1) is 18.5. The highest BCUT2D eigenvalue weighted by Crippen LogP contribution is 2.33. The average Bonchev–Trinajstić information content (AvgIpc) is 2.94. The largest absolute Gasteiger partial charge is 0.386 e. The fourth-order valence-corrected chi connectivity index (χ4v) is 4.93. The quantitative estimate of drug-likeness (QED) is 0.185. The molecule has 4 rings (SSSR count). The molecule has 0 saturated heterocycles. The highest BCUT2D eigenvalue weighted by atomic mass is 35.5. The summed E-state index contributed by atoms with van der Waals surface area (Å²) in [6.45, 7) is 6.93. The number of carbonyl (C=O) groups is 1. The van der Waals surface area contributed by atoms with Gasteiger partial charge in [0.1, 0.15) is 5.84 Å². The Morgan fingerprint density at radius 1 is 1.21 bits per heavy atom. The smallest absolute Gasteiger partial charge is 0.253 e. The zero-order chi connectivity index (χ0) is 26.7. The molecule has 1 aromatic carbocycles. The Bertz CT molecular complexity index is 1260. The summed E-state index contributed by atoms with van der Waals surface area (Å²) in [6, 6.07) is 14.4. The number of aryl methyl sites for hydroxylation is 1. The third-order valence-corrected chi connectivity index (χ3v) is 6.93. The van der Waals surface area contributed by atoms with Crippen LogP contribution < -0.4 is 16.4 Å². The minimum Gasteiger partial charge on any atom is -0.386 e. The molecule has 1 aliphatic carbocycles. The van der Waals surface area contributed by atoms with Crippen molar-refractivity contribution in [2.75, 3.05) is 19.6 Å². The number of rotatable bonds is 12. The van der Waals surface area contributed by atoms with Gasteiger partial charge in [-0.05, 0) is 48.1 Å². The number of pyridine rings is 2. The summed E-state index contributed by atoms with van der Waals surface area (Å²) in [7, 11) is 0. The van der Waals surface area contributed by atoms with E-state index in [-0.39, 0.29) is 11.9 Å². The van der Waals surface area contributed by atoms with Crippen LogP contribution in [0.3, 0.4) is 0 Å². The molecule has 0 bridgehead atoms. The summed E-state index contributed by atoms with van der Waals surface area (Å²) in [5.41, 5.74) is 11.0. The van der Waals surface area contributed by atoms with Gasteiger partial charge in [-0.1, -0.05) is 48.5 Å². The van der Waals surface area contributed by atoms with Gasteiger partial charge in [0.25, 0.3) is 5.91 Å². The zero-order valence-corrected chi connectivity index (χ0v) is 22.2. The van der Waals surface area contributed by atoms with Crippen LogP contribution in [0.1, 0.15) is 51.6 Å². The first kappa shape index (κ1) is 27.4. The minimum atomic E-state index is -0.220. The number of aromatic nitrogens is 2. The number of nitrogens with two attached hydrogens (primary N) is 1. The Morgan fingerprint density at radius 2 is 2.03 bits per heavy atom. The SMILES string of the molecule is C=CN=C(N)CNCCN(Cc1ccc(CNC(=O)c2ccncc2Cl)cc1)C1CCCc2cccnc21. The second-order valence-electron chi connectivity index (χ2n) is 9.26. The molecule has 0 saturated carbocycles. The van der Waals surface area contributed by atoms with Gasteiger partial charge in [-0.2, -0.15) is 0 Å². The van der Waals surface area contributed by atoms with Gasteiger partial charge in [0, 0.05) is 51.0 Å². The molecule has 2 heterocycles. The van der Waals surface area contributed by atoms with Gasteiger partial charge < -0.3 is 16.4 Å². The fraction of sp³-hybridized carbons (Fsp3) is 0.310. The van der Waals surface area contributed by atoms with Crippen molar-refractivity contribution in [2.24, 2.45) is 10.7 Å². The number of nitrogens with zero attached hydrogens (tertiary/aromatic N) is 4. The standard InChI is InChI=1S/C29H34ClN7O/c1-2-34-27(31)19-33-15-16-37(26-7-3-5-23-6-4-13-35-28(23)26)20-22-10-8-21(9-11-22)17-36-29(38)24-12-14-32-18-25(24)30/h2,4,6,8-14,18,26,33H,1,3,5,7,15-17,19-20H2,(H2,31,34)(H,36,38). The lowest BCUT2D eigenvalue weighted by molar-refractivity contribution is 0.0951. The summed E-state index contributed by atoms with van der Waals surface area (Å²) in [5.74, 6) is 0.299. The van der Waals surface area contributed by atoms with Gasteiger partial charge in [0.2, 0.25) is 0 Å². The van der Waals surface area contributed by atoms with E-state index in [1.54, 1.807) is 12.3 Å². The van der Waals surface area contributed by atoms with Gasteiger partial charge in [0.05, 0.1) is 28.9 Å². The number of halogens is 1. The summed E-state index contributed by atoms with van der Waals surface area (Å²) in [4.78, 5) is 27.7. The van der Waals surface area contributed by atoms with Gasteiger partial charge in [0.15, 0.2) is 0 Å². The van der Waals surface area contributed by atoms with Crippen LogP contribution in [0.2, 0.25) is 5.02 Å². The lowest BCUT2D eigenvalue weighted by atomic mass is 9.90. The maximum Gasteiger partial charge on any atom is 0.253 e. The average molecular weight is 532 g/mol. The van der Waals surface area contributed by atoms with Crippen molar-refractivity contribution in [3.63, 3.8) is 0 Å². The van der Waals surface area contributed by atoms with Crippen LogP contribution >= 0.6 is 11.6 Å². The van der Waals surface area contributed by atoms with Crippen molar-refractivity contribution in [3.8, 4) is 0 Å². The number of fused-ring (bicyclic) bond motifs is 1. The first-order valence-corrected chi connectivity index (χ1v) is 13.2. The molecule has 4 N–H and O–H groups in total. The van der Waals surface area contributed by atoms with Crippen LogP contribution in [0.5, 0.6) is 0 Å². The van der Waals surface area contributed by atoms with E-state index < -0.39 is 0 Å². The Kier molecular flexibility index (Phi) is 9.97. The predicted molar refractivity (Wildman–Crippen MR) is 152 cm³/mol. The molecule has 1 atom stereocenters. The molecule has 198 valence electrons. The van der Waals surface area contributed by atoms with Crippen molar-refractivity contribution in [3.05, 3.63) is 107 Å². The topological polar surface area (TPSA) is 109 Å². The molecule has 0 radical (unpaired) electrons. The molecule has 0 fully saturated rings. The Hall–Kier alpha value is -3.59. The van der Waals surface area contributed by atoms with Gasteiger partial charge in [-0.15, -0.1) is 0 Å². The van der Waals surface area contributed by atoms with Crippen LogP contribution in [0.4, 0.5) is 0 Å². The fourth-order valence-electron chi connectivity index (χ4n) is 4.72. The molecule has 3 aromatic rings. The highest BCUT2D eigenvalue weighted by Gasteiger charge is 2.27. The second kappa shape index (κ2) is 13.8. The van der Waals surface area contributed by atoms with Crippen LogP contribution in [-0.2, 0) is 19.5 Å². The van der Waals surface area contributed by atoms with E-state index in [2.05, 4.69) is 62.4 Å². The van der Waals surface area contributed by atoms with Gasteiger partial charge in [-0.25, -0.2) is 4.99 Å². The van der Waals surface area contributed by atoms with Crippen LogP contribution in [0.15, 0.2) is 78.8 Å². The number of amides is 1. The van der Waals surface area contributed by atoms with E-state index in [4.69, 9.17) is 22.3 Å². The maximum absolute atomic E-state index is 12.5. The monoisotopic (exact) mass is 531 g/mol. The third kappa shape index (κ3) is 7.47. The van der Waals surface area contributed by atoms with E-state index in [0.717, 1.165) is 44.5 Å². The van der Waals surface area contributed by atoms with Crippen LogP contribution in [0.25, 0.3) is 0 Å². The lowest BCUT2D eigenvalue weighted by Gasteiger charge is -2.35. The van der Waals surface area contributed by atoms with E-state index in [9.17, 15) is 4.79 Å². The number of nitrogens with one attached hydrogen (secondary N) is 2. The Morgan fingerprint density at radius 3 is 2.82 bits per heavy atom. The summed E-state index contributed by atoms with van der Waals surface area (Å²) in [5, 5.41) is 6.65. The van der Waals surface area contributed by atoms with Crippen LogP contribution in [0, 0.1) is 0 Å². The Labute approximate surface area is 229 Å². The van der Waals surface area contributed by atoms with Crippen molar-refractivity contribution >= 4 is 23.3 Å². The molecule has 1 amide bonds. The summed E-state index contributed by atoms with van der Waals surface area (Å²) < 4.78 is 0. The van der Waals surface area contributed by atoms with Crippen molar-refractivity contribution in [1.29, 1.82) is 0 Å². The van der Waals surface area contributed by atoms with Crippen molar-refractivity contribution in [1.82, 2.24) is 25.5 Å². The molecular formula is C29H34ClN7O. The number of hydrogen-bond acceptors (Lipinski definition) is 6. The number of aliphatic imine (C=N–C) groups is 1. The van der Waals surface area contributed by atoms with Gasteiger partial charge >= 0.3 is 0 Å².